The van der Waals surface area contributed by atoms with E-state index in [9.17, 15) is 9.59 Å². The number of hydrogen-bond donors (Lipinski definition) is 2. The number of amides is 1. The van der Waals surface area contributed by atoms with Crippen molar-refractivity contribution >= 4 is 29.2 Å². The molecule has 0 atom stereocenters. The fourth-order valence-corrected chi connectivity index (χ4v) is 2.58. The predicted octanol–water partition coefficient (Wildman–Crippen LogP) is 2.58. The Morgan fingerprint density at radius 1 is 1.15 bits per heavy atom. The molecule has 0 bridgehead atoms. The van der Waals surface area contributed by atoms with E-state index in [4.69, 9.17) is 21.1 Å². The number of hydrogen-bond acceptors (Lipinski definition) is 6. The summed E-state index contributed by atoms with van der Waals surface area (Å²) in [5, 5.41) is 6.11. The molecule has 1 heterocycles. The zero-order chi connectivity index (χ0) is 18.5. The van der Waals surface area contributed by atoms with Crippen LogP contribution in [0.3, 0.4) is 0 Å². The smallest absolute Gasteiger partial charge is 0.337 e. The zero-order valence-electron chi connectivity index (χ0n) is 14.0. The van der Waals surface area contributed by atoms with Gasteiger partial charge in [0.25, 0.3) is 0 Å². The maximum absolute atomic E-state index is 12.0. The summed E-state index contributed by atoms with van der Waals surface area (Å²) in [6.45, 7) is 0.572. The lowest BCUT2D eigenvalue weighted by Gasteiger charge is -2.11. The lowest BCUT2D eigenvalue weighted by molar-refractivity contribution is -0.119. The van der Waals surface area contributed by atoms with Gasteiger partial charge in [-0.25, -0.2) is 4.79 Å². The van der Waals surface area contributed by atoms with Crippen molar-refractivity contribution in [3.8, 4) is 11.5 Å². The van der Waals surface area contributed by atoms with E-state index in [0.29, 0.717) is 34.3 Å². The number of esters is 1. The fourth-order valence-electron chi connectivity index (χ4n) is 2.40. The Morgan fingerprint density at radius 3 is 2.77 bits per heavy atom. The van der Waals surface area contributed by atoms with Gasteiger partial charge in [0.2, 0.25) is 12.7 Å². The van der Waals surface area contributed by atoms with Crippen LogP contribution in [0.5, 0.6) is 11.5 Å². The van der Waals surface area contributed by atoms with Crippen LogP contribution in [0.4, 0.5) is 5.69 Å². The number of rotatable bonds is 6. The van der Waals surface area contributed by atoms with Gasteiger partial charge in [0.05, 0.1) is 29.9 Å². The molecule has 2 aromatic rings. The minimum atomic E-state index is -0.475. The van der Waals surface area contributed by atoms with Crippen molar-refractivity contribution in [3.63, 3.8) is 0 Å². The number of carbonyl (C=O) groups excluding carboxylic acids is 2. The van der Waals surface area contributed by atoms with Crippen molar-refractivity contribution in [2.75, 3.05) is 25.8 Å². The van der Waals surface area contributed by atoms with Crippen LogP contribution in [-0.2, 0) is 16.1 Å². The molecule has 1 aliphatic heterocycles. The largest absolute Gasteiger partial charge is 0.465 e. The van der Waals surface area contributed by atoms with Gasteiger partial charge in [0, 0.05) is 6.54 Å². The van der Waals surface area contributed by atoms with E-state index in [2.05, 4.69) is 15.4 Å². The third-order valence-corrected chi connectivity index (χ3v) is 4.08. The highest BCUT2D eigenvalue weighted by Gasteiger charge is 2.14. The van der Waals surface area contributed by atoms with Gasteiger partial charge in [-0.2, -0.15) is 0 Å². The van der Waals surface area contributed by atoms with E-state index in [1.807, 2.05) is 12.1 Å². The Hall–Kier alpha value is -2.93. The summed E-state index contributed by atoms with van der Waals surface area (Å²) >= 11 is 6.08. The summed E-state index contributed by atoms with van der Waals surface area (Å²) < 4.78 is 15.2. The molecular weight excluding hydrogens is 360 g/mol. The second kappa shape index (κ2) is 7.97. The predicted molar refractivity (Wildman–Crippen MR) is 95.7 cm³/mol. The van der Waals surface area contributed by atoms with Crippen molar-refractivity contribution in [1.29, 1.82) is 0 Å². The maximum Gasteiger partial charge on any atom is 0.337 e. The van der Waals surface area contributed by atoms with E-state index >= 15 is 0 Å². The molecule has 1 aliphatic rings. The van der Waals surface area contributed by atoms with Crippen molar-refractivity contribution < 1.29 is 23.8 Å². The molecule has 0 aliphatic carbocycles. The second-order valence-corrected chi connectivity index (χ2v) is 5.91. The first-order valence-electron chi connectivity index (χ1n) is 7.84. The van der Waals surface area contributed by atoms with Gasteiger partial charge in [0.15, 0.2) is 11.5 Å². The van der Waals surface area contributed by atoms with E-state index in [1.54, 1.807) is 24.3 Å². The number of carbonyl (C=O) groups is 2. The quantitative estimate of drug-likeness (QED) is 0.754. The third-order valence-electron chi connectivity index (χ3n) is 3.75. The van der Waals surface area contributed by atoms with Crippen LogP contribution >= 0.6 is 11.6 Å². The van der Waals surface area contributed by atoms with Crippen LogP contribution in [-0.4, -0.2) is 32.3 Å². The van der Waals surface area contributed by atoms with E-state index in [0.717, 1.165) is 5.56 Å². The first-order chi connectivity index (χ1) is 12.6. The summed E-state index contributed by atoms with van der Waals surface area (Å²) in [5.74, 6) is 0.669. The normalized spacial score (nSPS) is 11.8. The first kappa shape index (κ1) is 17.9. The molecule has 1 amide bonds. The maximum atomic E-state index is 12.0. The molecule has 3 rings (SSSR count). The van der Waals surface area contributed by atoms with Gasteiger partial charge < -0.3 is 24.8 Å². The summed E-state index contributed by atoms with van der Waals surface area (Å²) in [4.78, 5) is 23.6. The molecule has 7 nitrogen and oxygen atoms in total. The average Bonchev–Trinajstić information content (AvgIpc) is 3.12. The standard InChI is InChI=1S/C18H17ClN2O5/c1-24-18(23)12-3-4-13(19)14(7-12)20-9-17(22)21-8-11-2-5-15-16(6-11)26-10-25-15/h2-7,20H,8-10H2,1H3,(H,21,22). The third kappa shape index (κ3) is 4.18. The lowest BCUT2D eigenvalue weighted by atomic mass is 10.2. The Bertz CT molecular complexity index is 840. The van der Waals surface area contributed by atoms with Crippen molar-refractivity contribution in [2.45, 2.75) is 6.54 Å². The minimum absolute atomic E-state index is 0.00883. The Kier molecular flexibility index (Phi) is 5.48. The Balaban J connectivity index is 1.53. The highest BCUT2D eigenvalue weighted by atomic mass is 35.5. The van der Waals surface area contributed by atoms with Gasteiger partial charge in [-0.3, -0.25) is 4.79 Å². The SMILES string of the molecule is COC(=O)c1ccc(Cl)c(NCC(=O)NCc2ccc3c(c2)OCO3)c1. The van der Waals surface area contributed by atoms with Crippen LogP contribution in [0.15, 0.2) is 36.4 Å². The molecular formula is C18H17ClN2O5. The number of nitrogens with one attached hydrogen (secondary N) is 2. The molecule has 0 saturated heterocycles. The van der Waals surface area contributed by atoms with Gasteiger partial charge in [-0.05, 0) is 35.9 Å². The fraction of sp³-hybridized carbons (Fsp3) is 0.222. The average molecular weight is 377 g/mol. The Labute approximate surface area is 155 Å². The van der Waals surface area contributed by atoms with E-state index in [1.165, 1.54) is 7.11 Å². The Morgan fingerprint density at radius 2 is 1.96 bits per heavy atom. The van der Waals surface area contributed by atoms with Crippen LogP contribution in [0, 0.1) is 0 Å². The summed E-state index contributed by atoms with van der Waals surface area (Å²) in [6, 6.07) is 10.2. The number of ether oxygens (including phenoxy) is 3. The van der Waals surface area contributed by atoms with Crippen molar-refractivity contribution in [1.82, 2.24) is 5.32 Å². The van der Waals surface area contributed by atoms with E-state index < -0.39 is 5.97 Å². The van der Waals surface area contributed by atoms with Gasteiger partial charge >= 0.3 is 5.97 Å². The van der Waals surface area contributed by atoms with Gasteiger partial charge in [0.1, 0.15) is 0 Å². The highest BCUT2D eigenvalue weighted by molar-refractivity contribution is 6.33. The molecule has 0 radical (unpaired) electrons. The van der Waals surface area contributed by atoms with E-state index in [-0.39, 0.29) is 19.2 Å². The monoisotopic (exact) mass is 376 g/mol. The first-order valence-corrected chi connectivity index (χ1v) is 8.21. The van der Waals surface area contributed by atoms with Crippen molar-refractivity contribution in [3.05, 3.63) is 52.5 Å². The molecule has 2 aromatic carbocycles. The summed E-state index contributed by atoms with van der Waals surface area (Å²) in [5.41, 5.74) is 1.72. The number of fused-ring (bicyclic) bond motifs is 1. The minimum Gasteiger partial charge on any atom is -0.465 e. The number of halogens is 1. The second-order valence-electron chi connectivity index (χ2n) is 5.50. The van der Waals surface area contributed by atoms with Crippen LogP contribution < -0.4 is 20.1 Å². The van der Waals surface area contributed by atoms with Crippen LogP contribution in [0.1, 0.15) is 15.9 Å². The molecule has 8 heteroatoms. The molecule has 136 valence electrons. The van der Waals surface area contributed by atoms with Crippen LogP contribution in [0.2, 0.25) is 5.02 Å². The van der Waals surface area contributed by atoms with Gasteiger partial charge in [-0.15, -0.1) is 0 Å². The number of methoxy groups -OCH3 is 1. The molecule has 2 N–H and O–H groups in total. The molecule has 0 unspecified atom stereocenters. The van der Waals surface area contributed by atoms with Crippen LogP contribution in [0.25, 0.3) is 0 Å². The lowest BCUT2D eigenvalue weighted by Crippen LogP contribution is -2.29. The number of benzene rings is 2. The molecule has 0 aromatic heterocycles. The van der Waals surface area contributed by atoms with Crippen molar-refractivity contribution in [2.24, 2.45) is 0 Å². The molecule has 0 spiro atoms. The zero-order valence-corrected chi connectivity index (χ0v) is 14.8. The number of anilines is 1. The summed E-state index contributed by atoms with van der Waals surface area (Å²) in [7, 11) is 1.30. The molecule has 0 saturated carbocycles. The highest BCUT2D eigenvalue weighted by Crippen LogP contribution is 2.32. The molecule has 26 heavy (non-hydrogen) atoms. The topological polar surface area (TPSA) is 85.9 Å². The van der Waals surface area contributed by atoms with Gasteiger partial charge in [-0.1, -0.05) is 17.7 Å². The summed E-state index contributed by atoms with van der Waals surface area (Å²) in [6.07, 6.45) is 0. The molecule has 0 fully saturated rings.